The number of nitrogens with zero attached hydrogens (tertiary/aromatic N) is 5. The van der Waals surface area contributed by atoms with E-state index in [2.05, 4.69) is 33.2 Å². The maximum Gasteiger partial charge on any atom is 0.320 e. The molecule has 7 heteroatoms. The van der Waals surface area contributed by atoms with Crippen LogP contribution in [-0.2, 0) is 13.0 Å². The molecule has 0 unspecified atom stereocenters. The summed E-state index contributed by atoms with van der Waals surface area (Å²) in [5.41, 5.74) is 9.40. The molecule has 0 saturated carbocycles. The van der Waals surface area contributed by atoms with Gasteiger partial charge in [0, 0.05) is 5.69 Å². The van der Waals surface area contributed by atoms with Crippen molar-refractivity contribution in [2.75, 3.05) is 12.3 Å². The Morgan fingerprint density at radius 1 is 1.04 bits per heavy atom. The molecule has 4 rings (SSSR count). The van der Waals surface area contributed by atoms with Crippen LogP contribution in [0, 0.1) is 6.92 Å². The minimum atomic E-state index is 0.288. The number of rotatable bonds is 0. The lowest BCUT2D eigenvalue weighted by Gasteiger charge is -2.08. The van der Waals surface area contributed by atoms with E-state index in [4.69, 9.17) is 15.5 Å². The zero-order chi connectivity index (χ0) is 17.2. The second-order valence-corrected chi connectivity index (χ2v) is 6.08. The van der Waals surface area contributed by atoms with Crippen molar-refractivity contribution in [2.45, 2.75) is 32.7 Å². The highest BCUT2D eigenvalue weighted by atomic mass is 16.5. The summed E-state index contributed by atoms with van der Waals surface area (Å²) >= 11 is 0. The molecule has 0 atom stereocenters. The fraction of sp³-hybridized carbons (Fsp3) is 0.333. The molecule has 3 aromatic heterocycles. The maximum atomic E-state index is 6.06. The SMILES string of the molecule is Cc1nc2c(N)nc3nc2n1Cc1cccc(n1)CC/C=C\CCO3. The van der Waals surface area contributed by atoms with Crippen LogP contribution in [0.3, 0.4) is 0 Å². The van der Waals surface area contributed by atoms with Crippen LogP contribution in [0.5, 0.6) is 6.01 Å². The van der Waals surface area contributed by atoms with Gasteiger partial charge in [0.05, 0.1) is 18.8 Å². The van der Waals surface area contributed by atoms with Crippen molar-refractivity contribution >= 4 is 17.0 Å². The molecule has 25 heavy (non-hydrogen) atoms. The van der Waals surface area contributed by atoms with Gasteiger partial charge in [-0.15, -0.1) is 0 Å². The fourth-order valence-electron chi connectivity index (χ4n) is 2.97. The van der Waals surface area contributed by atoms with E-state index in [1.807, 2.05) is 23.6 Å². The Balaban J connectivity index is 1.83. The highest BCUT2D eigenvalue weighted by Crippen LogP contribution is 2.22. The molecule has 128 valence electrons. The number of fused-ring (bicyclic) bond motifs is 3. The number of aryl methyl sites for hydroxylation is 2. The molecule has 0 spiro atoms. The molecule has 0 saturated heterocycles. The summed E-state index contributed by atoms with van der Waals surface area (Å²) in [6.07, 6.45) is 6.95. The van der Waals surface area contributed by atoms with Gasteiger partial charge < -0.3 is 15.0 Å². The molecule has 1 aliphatic heterocycles. The van der Waals surface area contributed by atoms with Crippen molar-refractivity contribution in [3.63, 3.8) is 0 Å². The number of imidazole rings is 1. The van der Waals surface area contributed by atoms with Gasteiger partial charge in [0.25, 0.3) is 0 Å². The predicted octanol–water partition coefficient (Wildman–Crippen LogP) is 2.43. The molecule has 0 aromatic carbocycles. The molecule has 7 nitrogen and oxygen atoms in total. The van der Waals surface area contributed by atoms with Gasteiger partial charge in [0.15, 0.2) is 17.0 Å². The monoisotopic (exact) mass is 336 g/mol. The predicted molar refractivity (Wildman–Crippen MR) is 95.4 cm³/mol. The zero-order valence-corrected chi connectivity index (χ0v) is 14.1. The summed E-state index contributed by atoms with van der Waals surface area (Å²) in [7, 11) is 0. The minimum absolute atomic E-state index is 0.288. The van der Waals surface area contributed by atoms with Crippen LogP contribution in [0.2, 0.25) is 0 Å². The van der Waals surface area contributed by atoms with Crippen molar-refractivity contribution in [3.8, 4) is 6.01 Å². The van der Waals surface area contributed by atoms with Crippen molar-refractivity contribution in [3.05, 3.63) is 47.6 Å². The first-order valence-electron chi connectivity index (χ1n) is 8.43. The van der Waals surface area contributed by atoms with Crippen LogP contribution >= 0.6 is 0 Å². The van der Waals surface area contributed by atoms with E-state index >= 15 is 0 Å². The molecular weight excluding hydrogens is 316 g/mol. The Kier molecular flexibility index (Phi) is 4.05. The normalized spacial score (nSPS) is 16.2. The molecule has 3 aromatic rings. The van der Waals surface area contributed by atoms with E-state index in [9.17, 15) is 0 Å². The van der Waals surface area contributed by atoms with Crippen LogP contribution < -0.4 is 10.5 Å². The number of anilines is 1. The summed E-state index contributed by atoms with van der Waals surface area (Å²) in [5.74, 6) is 1.16. The number of nitrogen functional groups attached to an aromatic ring is 1. The molecule has 0 aliphatic carbocycles. The summed E-state index contributed by atoms with van der Waals surface area (Å²) in [4.78, 5) is 18.0. The Labute approximate surface area is 145 Å². The molecule has 2 N–H and O–H groups in total. The van der Waals surface area contributed by atoms with Gasteiger partial charge in [0.2, 0.25) is 0 Å². The maximum absolute atomic E-state index is 6.06. The minimum Gasteiger partial charge on any atom is -0.463 e. The van der Waals surface area contributed by atoms with Crippen molar-refractivity contribution in [2.24, 2.45) is 0 Å². The average Bonchev–Trinajstić information content (AvgIpc) is 2.90. The Bertz CT molecular complexity index is 946. The van der Waals surface area contributed by atoms with E-state index in [-0.39, 0.29) is 6.01 Å². The molecule has 0 amide bonds. The van der Waals surface area contributed by atoms with Gasteiger partial charge in [-0.05, 0) is 38.3 Å². The second-order valence-electron chi connectivity index (χ2n) is 6.08. The van der Waals surface area contributed by atoms with E-state index in [1.165, 1.54) is 0 Å². The lowest BCUT2D eigenvalue weighted by molar-refractivity contribution is 0.300. The van der Waals surface area contributed by atoms with Crippen LogP contribution in [0.4, 0.5) is 5.82 Å². The Morgan fingerprint density at radius 3 is 2.80 bits per heavy atom. The van der Waals surface area contributed by atoms with E-state index in [0.29, 0.717) is 30.1 Å². The molecular formula is C18H20N6O. The van der Waals surface area contributed by atoms with Crippen molar-refractivity contribution < 1.29 is 4.74 Å². The van der Waals surface area contributed by atoms with Gasteiger partial charge in [-0.2, -0.15) is 9.97 Å². The Hall–Kier alpha value is -2.96. The number of hydrogen-bond donors (Lipinski definition) is 1. The quantitative estimate of drug-likeness (QED) is 0.634. The fourth-order valence-corrected chi connectivity index (χ4v) is 2.97. The number of ether oxygens (including phenoxy) is 1. The first-order valence-corrected chi connectivity index (χ1v) is 8.43. The van der Waals surface area contributed by atoms with Gasteiger partial charge in [-0.3, -0.25) is 4.98 Å². The third-order valence-corrected chi connectivity index (χ3v) is 4.23. The highest BCUT2D eigenvalue weighted by Gasteiger charge is 2.16. The zero-order valence-electron chi connectivity index (χ0n) is 14.1. The molecule has 1 aliphatic rings. The Morgan fingerprint density at radius 2 is 1.88 bits per heavy atom. The smallest absolute Gasteiger partial charge is 0.320 e. The van der Waals surface area contributed by atoms with Crippen LogP contribution in [-0.4, -0.2) is 31.1 Å². The third-order valence-electron chi connectivity index (χ3n) is 4.23. The first-order chi connectivity index (χ1) is 12.2. The van der Waals surface area contributed by atoms with Gasteiger partial charge in [0.1, 0.15) is 5.82 Å². The number of allylic oxidation sites excluding steroid dienone is 1. The van der Waals surface area contributed by atoms with E-state index < -0.39 is 0 Å². The van der Waals surface area contributed by atoms with E-state index in [1.54, 1.807) is 0 Å². The third kappa shape index (κ3) is 3.17. The molecule has 4 heterocycles. The number of pyridine rings is 1. The summed E-state index contributed by atoms with van der Waals surface area (Å²) in [5, 5.41) is 0. The lowest BCUT2D eigenvalue weighted by atomic mass is 10.2. The lowest BCUT2D eigenvalue weighted by Crippen LogP contribution is -2.08. The van der Waals surface area contributed by atoms with Crippen molar-refractivity contribution in [1.29, 1.82) is 0 Å². The van der Waals surface area contributed by atoms with Crippen LogP contribution in [0.15, 0.2) is 30.4 Å². The standard InChI is InChI=1S/C18H20N6O/c1-12-20-15-16(19)22-18-23-17(15)24(12)11-14-9-6-8-13(21-14)7-4-2-3-5-10-25-18/h2-3,6,8-9H,4-5,7,10-11H2,1H3,(H2,19,22,23)/b3-2-. The summed E-state index contributed by atoms with van der Waals surface area (Å²) in [6, 6.07) is 6.42. The number of aromatic nitrogens is 5. The largest absolute Gasteiger partial charge is 0.463 e. The van der Waals surface area contributed by atoms with Gasteiger partial charge in [-0.25, -0.2) is 4.98 Å². The van der Waals surface area contributed by atoms with Crippen LogP contribution in [0.25, 0.3) is 11.2 Å². The van der Waals surface area contributed by atoms with E-state index in [0.717, 1.165) is 36.5 Å². The number of hydrogen-bond acceptors (Lipinski definition) is 6. The van der Waals surface area contributed by atoms with Gasteiger partial charge in [-0.1, -0.05) is 18.2 Å². The molecule has 0 fully saturated rings. The highest BCUT2D eigenvalue weighted by molar-refractivity contribution is 5.82. The summed E-state index contributed by atoms with van der Waals surface area (Å²) in [6.45, 7) is 3.03. The van der Waals surface area contributed by atoms with Crippen molar-refractivity contribution in [1.82, 2.24) is 24.5 Å². The molecule has 4 bridgehead atoms. The summed E-state index contributed by atoms with van der Waals surface area (Å²) < 4.78 is 7.67. The average molecular weight is 336 g/mol. The van der Waals surface area contributed by atoms with Crippen LogP contribution in [0.1, 0.15) is 30.1 Å². The number of nitrogens with two attached hydrogens (primary N) is 1. The first kappa shape index (κ1) is 15.6. The second kappa shape index (κ2) is 6.51. The van der Waals surface area contributed by atoms with Gasteiger partial charge >= 0.3 is 6.01 Å². The topological polar surface area (TPSA) is 91.7 Å². The molecule has 0 radical (unpaired) electrons.